The zero-order chi connectivity index (χ0) is 11.9. The lowest BCUT2D eigenvalue weighted by atomic mass is 10.1. The highest BCUT2D eigenvalue weighted by molar-refractivity contribution is 5.20. The molecule has 1 aliphatic rings. The molecule has 1 aromatic heterocycles. The third kappa shape index (κ3) is 3.98. The molecule has 0 aliphatic carbocycles. The summed E-state index contributed by atoms with van der Waals surface area (Å²) >= 11 is 0. The van der Waals surface area contributed by atoms with Crippen LogP contribution in [0, 0.1) is 0 Å². The summed E-state index contributed by atoms with van der Waals surface area (Å²) in [7, 11) is 1.64. The van der Waals surface area contributed by atoms with Gasteiger partial charge >= 0.3 is 0 Å². The maximum Gasteiger partial charge on any atom is 0.213 e. The molecule has 0 bridgehead atoms. The van der Waals surface area contributed by atoms with E-state index in [4.69, 9.17) is 4.74 Å². The van der Waals surface area contributed by atoms with Gasteiger partial charge in [0.05, 0.1) is 7.11 Å². The van der Waals surface area contributed by atoms with Crippen LogP contribution in [-0.4, -0.2) is 31.2 Å². The SMILES string of the molecule is COc1cc(CNCC2CCCCN2)ccn1. The maximum atomic E-state index is 5.10. The van der Waals surface area contributed by atoms with E-state index in [1.54, 1.807) is 13.3 Å². The molecule has 0 spiro atoms. The molecule has 0 aromatic carbocycles. The number of methoxy groups -OCH3 is 1. The third-order valence-electron chi connectivity index (χ3n) is 3.14. The molecule has 2 N–H and O–H groups in total. The lowest BCUT2D eigenvalue weighted by Crippen LogP contribution is -2.41. The summed E-state index contributed by atoms with van der Waals surface area (Å²) in [6.45, 7) is 3.07. The summed E-state index contributed by atoms with van der Waals surface area (Å²) in [5.41, 5.74) is 1.22. The molecule has 2 rings (SSSR count). The molecule has 94 valence electrons. The normalized spacial score (nSPS) is 20.2. The summed E-state index contributed by atoms with van der Waals surface area (Å²) in [5, 5.41) is 7.01. The van der Waals surface area contributed by atoms with Crippen molar-refractivity contribution in [1.29, 1.82) is 0 Å². The Kier molecular flexibility index (Phi) is 4.76. The van der Waals surface area contributed by atoms with Gasteiger partial charge in [0.1, 0.15) is 0 Å². The fraction of sp³-hybridized carbons (Fsp3) is 0.615. The van der Waals surface area contributed by atoms with E-state index in [2.05, 4.69) is 15.6 Å². The van der Waals surface area contributed by atoms with Crippen LogP contribution in [0.4, 0.5) is 0 Å². The first-order valence-electron chi connectivity index (χ1n) is 6.31. The van der Waals surface area contributed by atoms with E-state index < -0.39 is 0 Å². The van der Waals surface area contributed by atoms with E-state index in [9.17, 15) is 0 Å². The molecule has 17 heavy (non-hydrogen) atoms. The number of aromatic nitrogens is 1. The predicted molar refractivity (Wildman–Crippen MR) is 68.1 cm³/mol. The van der Waals surface area contributed by atoms with E-state index in [0.29, 0.717) is 11.9 Å². The van der Waals surface area contributed by atoms with Crippen LogP contribution in [0.2, 0.25) is 0 Å². The zero-order valence-corrected chi connectivity index (χ0v) is 10.4. The molecule has 2 heterocycles. The van der Waals surface area contributed by atoms with Gasteiger partial charge < -0.3 is 15.4 Å². The first-order chi connectivity index (χ1) is 8.38. The number of ether oxygens (including phenoxy) is 1. The Morgan fingerprint density at radius 3 is 3.24 bits per heavy atom. The number of rotatable bonds is 5. The minimum atomic E-state index is 0.632. The van der Waals surface area contributed by atoms with Gasteiger partial charge in [0, 0.05) is 31.4 Å². The standard InChI is InChI=1S/C13H21N3O/c1-17-13-8-11(5-7-16-13)9-14-10-12-4-2-3-6-15-12/h5,7-8,12,14-15H,2-4,6,9-10H2,1H3. The second kappa shape index (κ2) is 6.57. The Hall–Kier alpha value is -1.13. The number of hydrogen-bond donors (Lipinski definition) is 2. The highest BCUT2D eigenvalue weighted by Gasteiger charge is 2.11. The molecule has 1 aromatic rings. The van der Waals surface area contributed by atoms with Crippen LogP contribution in [0.3, 0.4) is 0 Å². The fourth-order valence-corrected chi connectivity index (χ4v) is 2.16. The maximum absolute atomic E-state index is 5.10. The lowest BCUT2D eigenvalue weighted by Gasteiger charge is -2.23. The van der Waals surface area contributed by atoms with E-state index in [1.807, 2.05) is 12.1 Å². The summed E-state index contributed by atoms with van der Waals surface area (Å²) in [6.07, 6.45) is 5.74. The second-order valence-corrected chi connectivity index (χ2v) is 4.48. The molecular formula is C13H21N3O. The van der Waals surface area contributed by atoms with Crippen molar-refractivity contribution in [3.05, 3.63) is 23.9 Å². The average Bonchev–Trinajstić information content (AvgIpc) is 2.40. The van der Waals surface area contributed by atoms with Crippen LogP contribution in [0.1, 0.15) is 24.8 Å². The van der Waals surface area contributed by atoms with Gasteiger partial charge in [-0.25, -0.2) is 4.98 Å². The highest BCUT2D eigenvalue weighted by Crippen LogP contribution is 2.09. The van der Waals surface area contributed by atoms with Crippen molar-refractivity contribution in [2.45, 2.75) is 31.8 Å². The van der Waals surface area contributed by atoms with Crippen molar-refractivity contribution in [1.82, 2.24) is 15.6 Å². The van der Waals surface area contributed by atoms with E-state index in [0.717, 1.165) is 19.6 Å². The quantitative estimate of drug-likeness (QED) is 0.808. The van der Waals surface area contributed by atoms with Crippen LogP contribution in [0.5, 0.6) is 5.88 Å². The monoisotopic (exact) mass is 235 g/mol. The second-order valence-electron chi connectivity index (χ2n) is 4.48. The molecule has 1 atom stereocenters. The lowest BCUT2D eigenvalue weighted by molar-refractivity contribution is 0.382. The number of piperidine rings is 1. The van der Waals surface area contributed by atoms with Crippen LogP contribution >= 0.6 is 0 Å². The molecule has 1 fully saturated rings. The molecular weight excluding hydrogens is 214 g/mol. The van der Waals surface area contributed by atoms with Crippen molar-refractivity contribution in [2.75, 3.05) is 20.2 Å². The van der Waals surface area contributed by atoms with Gasteiger partial charge in [-0.15, -0.1) is 0 Å². The van der Waals surface area contributed by atoms with Crippen molar-refractivity contribution in [3.63, 3.8) is 0 Å². The van der Waals surface area contributed by atoms with Crippen molar-refractivity contribution in [2.24, 2.45) is 0 Å². The van der Waals surface area contributed by atoms with Gasteiger partial charge in [0.2, 0.25) is 5.88 Å². The molecule has 1 unspecified atom stereocenters. The smallest absolute Gasteiger partial charge is 0.213 e. The number of nitrogens with zero attached hydrogens (tertiary/aromatic N) is 1. The zero-order valence-electron chi connectivity index (χ0n) is 10.4. The molecule has 1 aliphatic heterocycles. The Morgan fingerprint density at radius 1 is 1.53 bits per heavy atom. The molecule has 0 radical (unpaired) electrons. The molecule has 4 heteroatoms. The minimum Gasteiger partial charge on any atom is -0.481 e. The first-order valence-corrected chi connectivity index (χ1v) is 6.31. The van der Waals surface area contributed by atoms with Gasteiger partial charge in [-0.1, -0.05) is 6.42 Å². The molecule has 0 amide bonds. The van der Waals surface area contributed by atoms with Gasteiger partial charge in [-0.2, -0.15) is 0 Å². The molecule has 1 saturated heterocycles. The Morgan fingerprint density at radius 2 is 2.47 bits per heavy atom. The number of nitrogens with one attached hydrogen (secondary N) is 2. The largest absolute Gasteiger partial charge is 0.481 e. The van der Waals surface area contributed by atoms with Crippen molar-refractivity contribution < 1.29 is 4.74 Å². The highest BCUT2D eigenvalue weighted by atomic mass is 16.5. The van der Waals surface area contributed by atoms with Gasteiger partial charge in [0.25, 0.3) is 0 Å². The first kappa shape index (κ1) is 12.3. The van der Waals surface area contributed by atoms with E-state index in [1.165, 1.54) is 24.8 Å². The number of hydrogen-bond acceptors (Lipinski definition) is 4. The van der Waals surface area contributed by atoms with E-state index >= 15 is 0 Å². The van der Waals surface area contributed by atoms with Gasteiger partial charge in [-0.3, -0.25) is 0 Å². The fourth-order valence-electron chi connectivity index (χ4n) is 2.16. The summed E-state index contributed by atoms with van der Waals surface area (Å²) < 4.78 is 5.10. The Balaban J connectivity index is 1.73. The summed E-state index contributed by atoms with van der Waals surface area (Å²) in [6, 6.07) is 4.62. The number of pyridine rings is 1. The van der Waals surface area contributed by atoms with Crippen LogP contribution in [0.15, 0.2) is 18.3 Å². The Bertz CT molecular complexity index is 337. The Labute approximate surface area is 103 Å². The molecule has 0 saturated carbocycles. The summed E-state index contributed by atoms with van der Waals surface area (Å²) in [4.78, 5) is 4.09. The molecule has 4 nitrogen and oxygen atoms in total. The topological polar surface area (TPSA) is 46.2 Å². The van der Waals surface area contributed by atoms with E-state index in [-0.39, 0.29) is 0 Å². The minimum absolute atomic E-state index is 0.632. The van der Waals surface area contributed by atoms with Crippen LogP contribution in [-0.2, 0) is 6.54 Å². The third-order valence-corrected chi connectivity index (χ3v) is 3.14. The average molecular weight is 235 g/mol. The van der Waals surface area contributed by atoms with Crippen molar-refractivity contribution in [3.8, 4) is 5.88 Å². The van der Waals surface area contributed by atoms with Crippen LogP contribution in [0.25, 0.3) is 0 Å². The van der Waals surface area contributed by atoms with Crippen LogP contribution < -0.4 is 15.4 Å². The predicted octanol–water partition coefficient (Wildman–Crippen LogP) is 1.32. The summed E-state index contributed by atoms with van der Waals surface area (Å²) in [5.74, 6) is 0.681. The van der Waals surface area contributed by atoms with Crippen molar-refractivity contribution >= 4 is 0 Å². The van der Waals surface area contributed by atoms with Gasteiger partial charge in [-0.05, 0) is 31.0 Å². The van der Waals surface area contributed by atoms with Gasteiger partial charge in [0.15, 0.2) is 0 Å².